The Bertz CT molecular complexity index is 1130. The van der Waals surface area contributed by atoms with Crippen LogP contribution < -0.4 is 19.7 Å². The molecule has 0 unspecified atom stereocenters. The van der Waals surface area contributed by atoms with Crippen molar-refractivity contribution in [3.63, 3.8) is 0 Å². The van der Waals surface area contributed by atoms with E-state index in [0.717, 1.165) is 11.3 Å². The zero-order chi connectivity index (χ0) is 20.0. The number of carbonyl (C=O) groups excluding carboxylic acids is 1. The predicted octanol–water partition coefficient (Wildman–Crippen LogP) is 3.88. The van der Waals surface area contributed by atoms with Gasteiger partial charge in [-0.3, -0.25) is 9.69 Å². The molecule has 0 aromatic heterocycles. The van der Waals surface area contributed by atoms with Gasteiger partial charge in [0.05, 0.1) is 16.8 Å². The summed E-state index contributed by atoms with van der Waals surface area (Å²) in [4.78, 5) is 26.2. The summed E-state index contributed by atoms with van der Waals surface area (Å²) in [7, 11) is 0. The molecule has 0 fully saturated rings. The van der Waals surface area contributed by atoms with Gasteiger partial charge >= 0.3 is 5.97 Å². The number of carboxylic acid groups (broad SMARTS) is 1. The molecular weight excluding hydrogens is 372 g/mol. The number of rotatable bonds is 3. The summed E-state index contributed by atoms with van der Waals surface area (Å²) in [5, 5.41) is 12.6. The lowest BCUT2D eigenvalue weighted by Crippen LogP contribution is -2.43. The minimum atomic E-state index is -0.998. The molecule has 0 bridgehead atoms. The Morgan fingerprint density at radius 1 is 1.00 bits per heavy atom. The van der Waals surface area contributed by atoms with Crippen LogP contribution >= 0.6 is 0 Å². The molecule has 0 radical (unpaired) electrons. The Labute approximate surface area is 166 Å². The highest BCUT2D eigenvalue weighted by Gasteiger charge is 2.34. The Morgan fingerprint density at radius 2 is 1.76 bits per heavy atom. The molecule has 0 saturated heterocycles. The smallest absolute Gasteiger partial charge is 0.335 e. The number of anilines is 2. The first-order valence-corrected chi connectivity index (χ1v) is 9.04. The predicted molar refractivity (Wildman–Crippen MR) is 106 cm³/mol. The number of para-hydroxylation sites is 1. The maximum atomic E-state index is 13.4. The lowest BCUT2D eigenvalue weighted by Gasteiger charge is -2.38. The van der Waals surface area contributed by atoms with Gasteiger partial charge in [0.2, 0.25) is 6.79 Å². The molecule has 2 aliphatic heterocycles. The number of nitrogens with one attached hydrogen (secondary N) is 1. The molecule has 3 aromatic carbocycles. The van der Waals surface area contributed by atoms with Crippen LogP contribution in [0.2, 0.25) is 0 Å². The number of ether oxygens (including phenoxy) is 2. The minimum absolute atomic E-state index is 0.147. The van der Waals surface area contributed by atoms with E-state index in [-0.39, 0.29) is 18.3 Å². The van der Waals surface area contributed by atoms with E-state index in [9.17, 15) is 14.7 Å². The fraction of sp³-hybridized carbons (Fsp3) is 0.0909. The second kappa shape index (κ2) is 6.56. The van der Waals surface area contributed by atoms with Crippen molar-refractivity contribution in [1.29, 1.82) is 0 Å². The molecule has 0 aliphatic carbocycles. The van der Waals surface area contributed by atoms with Crippen LogP contribution in [0, 0.1) is 0 Å². The van der Waals surface area contributed by atoms with Crippen molar-refractivity contribution in [1.82, 2.24) is 0 Å². The van der Waals surface area contributed by atoms with Crippen LogP contribution in [0.4, 0.5) is 11.4 Å². The maximum Gasteiger partial charge on any atom is 0.335 e. The Morgan fingerprint density at radius 3 is 2.55 bits per heavy atom. The summed E-state index contributed by atoms with van der Waals surface area (Å²) in [5.41, 5.74) is 2.88. The van der Waals surface area contributed by atoms with Gasteiger partial charge in [-0.2, -0.15) is 0 Å². The van der Waals surface area contributed by atoms with Crippen molar-refractivity contribution in [2.45, 2.75) is 6.17 Å². The SMILES string of the molecule is O=C(O)c1ccc([C@@H]2Nc3ccccc3C(=O)N2c2ccc3c(c2)OCO3)cc1. The quantitative estimate of drug-likeness (QED) is 0.708. The van der Waals surface area contributed by atoms with E-state index in [1.54, 1.807) is 41.3 Å². The summed E-state index contributed by atoms with van der Waals surface area (Å²) < 4.78 is 10.8. The van der Waals surface area contributed by atoms with E-state index in [1.165, 1.54) is 12.1 Å². The number of hydrogen-bond acceptors (Lipinski definition) is 5. The van der Waals surface area contributed by atoms with Crippen molar-refractivity contribution in [3.8, 4) is 11.5 Å². The maximum absolute atomic E-state index is 13.4. The first kappa shape index (κ1) is 17.1. The fourth-order valence-corrected chi connectivity index (χ4v) is 3.60. The molecule has 2 N–H and O–H groups in total. The molecular formula is C22H16N2O5. The summed E-state index contributed by atoms with van der Waals surface area (Å²) in [6.45, 7) is 0.147. The first-order valence-electron chi connectivity index (χ1n) is 9.04. The lowest BCUT2D eigenvalue weighted by molar-refractivity contribution is 0.0696. The third-order valence-electron chi connectivity index (χ3n) is 5.03. The summed E-state index contributed by atoms with van der Waals surface area (Å²) in [5.74, 6) is 0.0517. The van der Waals surface area contributed by atoms with Crippen molar-refractivity contribution in [2.75, 3.05) is 17.0 Å². The molecule has 3 aromatic rings. The van der Waals surface area contributed by atoms with Gasteiger partial charge in [-0.1, -0.05) is 24.3 Å². The van der Waals surface area contributed by atoms with Gasteiger partial charge in [-0.15, -0.1) is 0 Å². The molecule has 29 heavy (non-hydrogen) atoms. The number of aromatic carboxylic acids is 1. The Balaban J connectivity index is 1.62. The number of amides is 1. The van der Waals surface area contributed by atoms with Crippen molar-refractivity contribution in [2.24, 2.45) is 0 Å². The molecule has 7 nitrogen and oxygen atoms in total. The molecule has 7 heteroatoms. The van der Waals surface area contributed by atoms with Gasteiger partial charge in [0.25, 0.3) is 5.91 Å². The van der Waals surface area contributed by atoms with Crippen LogP contribution in [0.5, 0.6) is 11.5 Å². The van der Waals surface area contributed by atoms with E-state index in [4.69, 9.17) is 9.47 Å². The van der Waals surface area contributed by atoms with Gasteiger partial charge in [0.15, 0.2) is 11.5 Å². The molecule has 1 amide bonds. The van der Waals surface area contributed by atoms with E-state index in [2.05, 4.69) is 5.32 Å². The number of fused-ring (bicyclic) bond motifs is 2. The summed E-state index contributed by atoms with van der Waals surface area (Å²) in [6, 6.07) is 19.1. The van der Waals surface area contributed by atoms with Crippen LogP contribution in [0.25, 0.3) is 0 Å². The summed E-state index contributed by atoms with van der Waals surface area (Å²) >= 11 is 0. The Kier molecular flexibility index (Phi) is 3.87. The second-order valence-electron chi connectivity index (χ2n) is 6.73. The first-order chi connectivity index (χ1) is 14.1. The topological polar surface area (TPSA) is 88.1 Å². The average molecular weight is 388 g/mol. The largest absolute Gasteiger partial charge is 0.478 e. The van der Waals surface area contributed by atoms with Gasteiger partial charge < -0.3 is 19.9 Å². The normalized spacial score (nSPS) is 16.9. The highest BCUT2D eigenvalue weighted by atomic mass is 16.7. The van der Waals surface area contributed by atoms with Crippen LogP contribution in [0.1, 0.15) is 32.4 Å². The minimum Gasteiger partial charge on any atom is -0.478 e. The Hall–Kier alpha value is -4.00. The van der Waals surface area contributed by atoms with Crippen LogP contribution in [0.15, 0.2) is 66.7 Å². The van der Waals surface area contributed by atoms with Gasteiger partial charge in [-0.05, 0) is 42.0 Å². The third-order valence-corrected chi connectivity index (χ3v) is 5.03. The molecule has 0 saturated carbocycles. The number of carbonyl (C=O) groups is 2. The van der Waals surface area contributed by atoms with E-state index in [1.807, 2.05) is 18.2 Å². The van der Waals surface area contributed by atoms with Crippen molar-refractivity contribution < 1.29 is 24.2 Å². The lowest BCUT2D eigenvalue weighted by atomic mass is 10.0. The highest BCUT2D eigenvalue weighted by Crippen LogP contribution is 2.41. The zero-order valence-electron chi connectivity index (χ0n) is 15.2. The monoisotopic (exact) mass is 388 g/mol. The molecule has 144 valence electrons. The van der Waals surface area contributed by atoms with Crippen molar-refractivity contribution in [3.05, 3.63) is 83.4 Å². The molecule has 0 spiro atoms. The highest BCUT2D eigenvalue weighted by molar-refractivity contribution is 6.12. The van der Waals surface area contributed by atoms with Crippen LogP contribution in [-0.4, -0.2) is 23.8 Å². The molecule has 5 rings (SSSR count). The van der Waals surface area contributed by atoms with Gasteiger partial charge in [0.1, 0.15) is 6.17 Å². The number of hydrogen-bond donors (Lipinski definition) is 2. The van der Waals surface area contributed by atoms with E-state index in [0.29, 0.717) is 22.7 Å². The van der Waals surface area contributed by atoms with Gasteiger partial charge in [-0.25, -0.2) is 4.79 Å². The van der Waals surface area contributed by atoms with E-state index >= 15 is 0 Å². The molecule has 2 heterocycles. The average Bonchev–Trinajstić information content (AvgIpc) is 3.21. The molecule has 1 atom stereocenters. The van der Waals surface area contributed by atoms with Crippen LogP contribution in [-0.2, 0) is 0 Å². The van der Waals surface area contributed by atoms with E-state index < -0.39 is 12.1 Å². The third kappa shape index (κ3) is 2.84. The second-order valence-corrected chi connectivity index (χ2v) is 6.73. The number of nitrogens with zero attached hydrogens (tertiary/aromatic N) is 1. The fourth-order valence-electron chi connectivity index (χ4n) is 3.60. The number of benzene rings is 3. The van der Waals surface area contributed by atoms with Gasteiger partial charge in [0, 0.05) is 11.8 Å². The standard InChI is InChI=1S/C22H16N2O5/c25-21-16-3-1-2-4-17(16)23-20(13-5-7-14(8-6-13)22(26)27)24(21)15-9-10-18-19(11-15)29-12-28-18/h1-11,20,23H,12H2,(H,26,27)/t20-/m1/s1. The molecule has 2 aliphatic rings. The zero-order valence-corrected chi connectivity index (χ0v) is 15.2. The van der Waals surface area contributed by atoms with Crippen molar-refractivity contribution >= 4 is 23.3 Å². The summed E-state index contributed by atoms with van der Waals surface area (Å²) in [6.07, 6.45) is -0.513. The number of carboxylic acids is 1. The van der Waals surface area contributed by atoms with Crippen LogP contribution in [0.3, 0.4) is 0 Å².